The number of fused-ring (bicyclic) bond motifs is 2. The molecule has 0 spiro atoms. The Hall–Kier alpha value is -3.20. The number of sulfone groups is 1. The number of halogens is 1. The zero-order valence-electron chi connectivity index (χ0n) is 21.2. The van der Waals surface area contributed by atoms with E-state index < -0.39 is 15.7 Å². The number of likely N-dealkylation sites (tertiary alicyclic amines) is 1. The summed E-state index contributed by atoms with van der Waals surface area (Å²) in [6.45, 7) is 4.58. The fourth-order valence-corrected chi connectivity index (χ4v) is 6.94. The number of nitrogens with zero attached hydrogens (tertiary/aromatic N) is 2. The van der Waals surface area contributed by atoms with Gasteiger partial charge in [-0.05, 0) is 74.3 Å². The van der Waals surface area contributed by atoms with Crippen molar-refractivity contribution in [2.45, 2.75) is 48.6 Å². The molecule has 1 fully saturated rings. The lowest BCUT2D eigenvalue weighted by atomic mass is 10.0. The van der Waals surface area contributed by atoms with Gasteiger partial charge in [-0.2, -0.15) is 0 Å². The van der Waals surface area contributed by atoms with Gasteiger partial charge in [-0.15, -0.1) is 0 Å². The van der Waals surface area contributed by atoms with Crippen molar-refractivity contribution in [2.75, 3.05) is 24.5 Å². The van der Waals surface area contributed by atoms with Gasteiger partial charge in [0.05, 0.1) is 27.6 Å². The first kappa shape index (κ1) is 26.4. The minimum atomic E-state index is -4.00. The van der Waals surface area contributed by atoms with Gasteiger partial charge in [0.1, 0.15) is 0 Å². The Kier molecular flexibility index (Phi) is 7.56. The predicted molar refractivity (Wildman–Crippen MR) is 148 cm³/mol. The maximum absolute atomic E-state index is 13.7. The van der Waals surface area contributed by atoms with Crippen LogP contribution < -0.4 is 10.2 Å². The molecule has 38 heavy (non-hydrogen) atoms. The summed E-state index contributed by atoms with van der Waals surface area (Å²) < 4.78 is 27.3. The first-order valence-electron chi connectivity index (χ1n) is 12.8. The van der Waals surface area contributed by atoms with E-state index >= 15 is 0 Å². The summed E-state index contributed by atoms with van der Waals surface area (Å²) in [6, 6.07) is 18.2. The molecule has 0 unspecified atom stereocenters. The molecule has 2 aliphatic rings. The molecule has 3 aromatic rings. The molecule has 2 aliphatic heterocycles. The Balaban J connectivity index is 1.48. The fourth-order valence-electron chi connectivity index (χ4n) is 5.18. The zero-order chi connectivity index (χ0) is 26.9. The van der Waals surface area contributed by atoms with E-state index in [9.17, 15) is 18.0 Å². The average Bonchev–Trinajstić information content (AvgIpc) is 2.99. The summed E-state index contributed by atoms with van der Waals surface area (Å²) in [5.41, 5.74) is 1.35. The van der Waals surface area contributed by atoms with Gasteiger partial charge in [-0.25, -0.2) is 8.42 Å². The number of hydrogen-bond donors (Lipinski definition) is 1. The van der Waals surface area contributed by atoms with Crippen molar-refractivity contribution in [3.05, 3.63) is 88.4 Å². The van der Waals surface area contributed by atoms with Crippen LogP contribution in [-0.2, 0) is 16.4 Å². The Morgan fingerprint density at radius 1 is 1.03 bits per heavy atom. The highest BCUT2D eigenvalue weighted by molar-refractivity contribution is 7.91. The van der Waals surface area contributed by atoms with E-state index in [4.69, 9.17) is 11.6 Å². The summed E-state index contributed by atoms with van der Waals surface area (Å²) in [6.07, 6.45) is 3.56. The summed E-state index contributed by atoms with van der Waals surface area (Å²) in [4.78, 5) is 30.6. The monoisotopic (exact) mass is 551 g/mol. The molecule has 198 valence electrons. The second kappa shape index (κ2) is 10.9. The second-order valence-electron chi connectivity index (χ2n) is 9.84. The molecule has 0 saturated carbocycles. The van der Waals surface area contributed by atoms with Crippen LogP contribution in [0.5, 0.6) is 0 Å². The molecule has 9 heteroatoms. The fraction of sp³-hybridized carbons (Fsp3) is 0.310. The molecule has 1 N–H and O–H groups in total. The van der Waals surface area contributed by atoms with Gasteiger partial charge < -0.3 is 10.2 Å². The summed E-state index contributed by atoms with van der Waals surface area (Å²) in [7, 11) is -4.00. The van der Waals surface area contributed by atoms with Crippen LogP contribution in [0, 0.1) is 0 Å². The Bertz CT molecular complexity index is 1470. The Morgan fingerprint density at radius 3 is 2.55 bits per heavy atom. The molecule has 3 aromatic carbocycles. The lowest BCUT2D eigenvalue weighted by Crippen LogP contribution is -2.42. The second-order valence-corrected chi connectivity index (χ2v) is 12.2. The highest BCUT2D eigenvalue weighted by Gasteiger charge is 2.36. The number of carbonyl (C=O) groups is 2. The van der Waals surface area contributed by atoms with E-state index in [1.54, 1.807) is 36.4 Å². The van der Waals surface area contributed by atoms with Crippen molar-refractivity contribution in [1.82, 2.24) is 10.2 Å². The van der Waals surface area contributed by atoms with Gasteiger partial charge in [-0.1, -0.05) is 42.3 Å². The van der Waals surface area contributed by atoms with Crippen LogP contribution in [0.25, 0.3) is 0 Å². The van der Waals surface area contributed by atoms with Crippen LogP contribution in [0.2, 0.25) is 5.02 Å². The van der Waals surface area contributed by atoms with E-state index in [0.29, 0.717) is 23.2 Å². The number of anilines is 1. The molecule has 7 nitrogen and oxygen atoms in total. The third-order valence-corrected chi connectivity index (χ3v) is 9.44. The van der Waals surface area contributed by atoms with Gasteiger partial charge in [0, 0.05) is 29.7 Å². The summed E-state index contributed by atoms with van der Waals surface area (Å²) in [5, 5.41) is 3.52. The molecule has 0 aromatic heterocycles. The van der Waals surface area contributed by atoms with Gasteiger partial charge >= 0.3 is 0 Å². The number of piperidine rings is 1. The molecule has 1 atom stereocenters. The number of hydrogen-bond acceptors (Lipinski definition) is 5. The van der Waals surface area contributed by atoms with Crippen LogP contribution in [-0.4, -0.2) is 50.8 Å². The minimum Gasteiger partial charge on any atom is -0.351 e. The number of amides is 2. The molecule has 5 rings (SSSR count). The standard InChI is InChI=1S/C29H30ClN3O4S/c1-20-6-4-5-16-32(20)17-15-31-28(34)22-11-14-27-25(18-22)33(19-21-9-12-23(30)13-10-21)29(35)24-7-2-3-8-26(24)38(27,36)37/h2-3,7-14,18,20H,4-6,15-17,19H2,1H3,(H,31,34)/t20-/m0/s1. The largest absolute Gasteiger partial charge is 0.351 e. The van der Waals surface area contributed by atoms with Gasteiger partial charge in [-0.3, -0.25) is 14.5 Å². The zero-order valence-corrected chi connectivity index (χ0v) is 22.8. The van der Waals surface area contributed by atoms with Crippen molar-refractivity contribution in [2.24, 2.45) is 0 Å². The van der Waals surface area contributed by atoms with Crippen molar-refractivity contribution < 1.29 is 18.0 Å². The van der Waals surface area contributed by atoms with Crippen LogP contribution in [0.4, 0.5) is 5.69 Å². The highest BCUT2D eigenvalue weighted by atomic mass is 35.5. The lowest BCUT2D eigenvalue weighted by Gasteiger charge is -2.33. The first-order valence-corrected chi connectivity index (χ1v) is 14.7. The van der Waals surface area contributed by atoms with E-state index in [1.807, 2.05) is 0 Å². The maximum Gasteiger partial charge on any atom is 0.259 e. The molecule has 2 heterocycles. The number of carbonyl (C=O) groups excluding carboxylic acids is 2. The highest BCUT2D eigenvalue weighted by Crippen LogP contribution is 2.38. The van der Waals surface area contributed by atoms with Crippen LogP contribution in [0.15, 0.2) is 76.5 Å². The summed E-state index contributed by atoms with van der Waals surface area (Å²) >= 11 is 6.04. The molecule has 0 aliphatic carbocycles. The Morgan fingerprint density at radius 2 is 1.79 bits per heavy atom. The number of rotatable bonds is 6. The SMILES string of the molecule is C[C@H]1CCCCN1CCNC(=O)c1ccc2c(c1)N(Cc1ccc(Cl)cc1)C(=O)c1ccccc1S2(=O)=O. The molecule has 2 amide bonds. The van der Waals surface area contributed by atoms with Crippen molar-refractivity contribution in [3.8, 4) is 0 Å². The quantitative estimate of drug-likeness (QED) is 0.469. The van der Waals surface area contributed by atoms with Crippen LogP contribution in [0.1, 0.15) is 52.5 Å². The molecular formula is C29H30ClN3O4S. The van der Waals surface area contributed by atoms with Crippen molar-refractivity contribution in [1.29, 1.82) is 0 Å². The molecule has 0 radical (unpaired) electrons. The van der Waals surface area contributed by atoms with Gasteiger partial charge in [0.15, 0.2) is 0 Å². The third kappa shape index (κ3) is 5.21. The number of nitrogens with one attached hydrogen (secondary N) is 1. The molecule has 1 saturated heterocycles. The average molecular weight is 552 g/mol. The Labute approximate surface area is 228 Å². The van der Waals surface area contributed by atoms with E-state index in [1.165, 1.54) is 41.7 Å². The third-order valence-electron chi connectivity index (χ3n) is 7.33. The predicted octanol–water partition coefficient (Wildman–Crippen LogP) is 4.94. The summed E-state index contributed by atoms with van der Waals surface area (Å²) in [5.74, 6) is -0.759. The van der Waals surface area contributed by atoms with Gasteiger partial charge in [0.2, 0.25) is 9.84 Å². The number of benzene rings is 3. The van der Waals surface area contributed by atoms with E-state index in [0.717, 1.165) is 31.5 Å². The molecular weight excluding hydrogens is 522 g/mol. The van der Waals surface area contributed by atoms with Crippen LogP contribution in [0.3, 0.4) is 0 Å². The van der Waals surface area contributed by atoms with E-state index in [-0.39, 0.29) is 33.5 Å². The maximum atomic E-state index is 13.7. The smallest absolute Gasteiger partial charge is 0.259 e. The van der Waals surface area contributed by atoms with E-state index in [2.05, 4.69) is 17.1 Å². The van der Waals surface area contributed by atoms with Gasteiger partial charge in [0.25, 0.3) is 11.8 Å². The van der Waals surface area contributed by atoms with Crippen molar-refractivity contribution >= 4 is 38.9 Å². The van der Waals surface area contributed by atoms with Crippen LogP contribution >= 0.6 is 11.6 Å². The van der Waals surface area contributed by atoms with Crippen molar-refractivity contribution in [3.63, 3.8) is 0 Å². The first-order chi connectivity index (χ1) is 18.3. The normalized spacial score (nSPS) is 18.8. The lowest BCUT2D eigenvalue weighted by molar-refractivity contribution is 0.0936. The molecule has 0 bridgehead atoms. The topological polar surface area (TPSA) is 86.8 Å². The minimum absolute atomic E-state index is 0.0107.